The van der Waals surface area contributed by atoms with Crippen molar-refractivity contribution >= 4 is 17.9 Å². The van der Waals surface area contributed by atoms with Gasteiger partial charge in [0.25, 0.3) is 0 Å². The average molecular weight is 145 g/mol. The topological polar surface area (TPSA) is 38.3 Å². The lowest BCUT2D eigenvalue weighted by molar-refractivity contribution is -0.152. The number of nitrogens with one attached hydrogen (secondary N) is 1. The molecule has 0 aromatic heterocycles. The van der Waals surface area contributed by atoms with Gasteiger partial charge in [-0.15, -0.1) is 0 Å². The van der Waals surface area contributed by atoms with Gasteiger partial charge in [0.05, 0.1) is 13.2 Å². The summed E-state index contributed by atoms with van der Waals surface area (Å²) >= 11 is 1.49. The largest absolute Gasteiger partial charge is 0.379 e. The lowest BCUT2D eigenvalue weighted by Gasteiger charge is -2.33. The molecule has 50 valence electrons. The van der Waals surface area contributed by atoms with Gasteiger partial charge >= 0.3 is 0 Å². The molecule has 0 radical (unpaired) electrons. The van der Waals surface area contributed by atoms with Gasteiger partial charge in [-0.25, -0.2) is 0 Å². The minimum atomic E-state index is -0.134. The number of hydrogen-bond acceptors (Lipinski definition) is 3. The molecule has 0 atom stereocenters. The first-order chi connectivity index (χ1) is 4.33. The Labute approximate surface area is 57.3 Å². The van der Waals surface area contributed by atoms with Crippen LogP contribution in [0.15, 0.2) is 0 Å². The Hall–Kier alpha value is -0.220. The summed E-state index contributed by atoms with van der Waals surface area (Å²) < 4.78 is 7.67. The summed E-state index contributed by atoms with van der Waals surface area (Å²) in [5.74, 6) is 1.03. The lowest BCUT2D eigenvalue weighted by Crippen LogP contribution is -2.49. The number of hydrogen-bond donors (Lipinski definition) is 1. The fourth-order valence-corrected chi connectivity index (χ4v) is 1.97. The Bertz CT molecular complexity index is 155. The van der Waals surface area contributed by atoms with E-state index in [0.717, 1.165) is 5.75 Å². The Balaban J connectivity index is 2.17. The molecule has 3 nitrogen and oxygen atoms in total. The zero-order valence-electron chi connectivity index (χ0n) is 4.85. The first-order valence-electron chi connectivity index (χ1n) is 2.83. The van der Waals surface area contributed by atoms with Gasteiger partial charge in [-0.1, -0.05) is 0 Å². The van der Waals surface area contributed by atoms with Crippen LogP contribution in [0, 0.1) is 5.41 Å². The predicted octanol–water partition coefficient (Wildman–Crippen LogP) is -0.219. The first kappa shape index (κ1) is 5.56. The van der Waals surface area contributed by atoms with Gasteiger partial charge in [0.2, 0.25) is 5.91 Å². The highest BCUT2D eigenvalue weighted by Crippen LogP contribution is 2.35. The van der Waals surface area contributed by atoms with Crippen molar-refractivity contribution in [2.45, 2.75) is 0 Å². The van der Waals surface area contributed by atoms with Gasteiger partial charge in [-0.05, 0) is 11.9 Å². The minimum absolute atomic E-state index is 0.134. The fraction of sp³-hybridized carbons (Fsp3) is 0.800. The molecule has 2 rings (SSSR count). The molecule has 2 fully saturated rings. The third kappa shape index (κ3) is 0.602. The summed E-state index contributed by atoms with van der Waals surface area (Å²) in [5, 5.41) is 0. The number of ether oxygens (including phenoxy) is 1. The molecule has 1 N–H and O–H groups in total. The predicted molar refractivity (Wildman–Crippen MR) is 33.9 cm³/mol. The maximum absolute atomic E-state index is 11.0. The molecule has 2 aliphatic rings. The van der Waals surface area contributed by atoms with Gasteiger partial charge in [0.1, 0.15) is 5.41 Å². The molecule has 2 saturated heterocycles. The van der Waals surface area contributed by atoms with E-state index < -0.39 is 0 Å². The van der Waals surface area contributed by atoms with E-state index in [0.29, 0.717) is 13.2 Å². The molecule has 0 saturated carbocycles. The van der Waals surface area contributed by atoms with Crippen LogP contribution in [0.2, 0.25) is 0 Å². The Morgan fingerprint density at radius 1 is 1.67 bits per heavy atom. The molecular formula is C5H7NO2S. The molecule has 1 amide bonds. The summed E-state index contributed by atoms with van der Waals surface area (Å²) in [6, 6.07) is 0. The van der Waals surface area contributed by atoms with E-state index in [1.54, 1.807) is 0 Å². The van der Waals surface area contributed by atoms with Crippen LogP contribution in [-0.2, 0) is 9.53 Å². The van der Waals surface area contributed by atoms with Crippen LogP contribution in [0.25, 0.3) is 0 Å². The highest BCUT2D eigenvalue weighted by atomic mass is 32.2. The third-order valence-electron chi connectivity index (χ3n) is 1.75. The quantitative estimate of drug-likeness (QED) is 0.479. The van der Waals surface area contributed by atoms with Crippen molar-refractivity contribution in [3.05, 3.63) is 0 Å². The normalized spacial score (nSPS) is 30.0. The van der Waals surface area contributed by atoms with Crippen LogP contribution in [0.1, 0.15) is 0 Å². The molecule has 2 heterocycles. The second-order valence-electron chi connectivity index (χ2n) is 2.49. The molecule has 0 aromatic rings. The SMILES string of the molecule is O=C1NSCC12COC2. The van der Waals surface area contributed by atoms with Gasteiger partial charge in [0, 0.05) is 5.75 Å². The zero-order chi connectivity index (χ0) is 6.32. The smallest absolute Gasteiger partial charge is 0.241 e. The van der Waals surface area contributed by atoms with Crippen molar-refractivity contribution in [2.24, 2.45) is 5.41 Å². The molecule has 0 unspecified atom stereocenters. The summed E-state index contributed by atoms with van der Waals surface area (Å²) in [7, 11) is 0. The van der Waals surface area contributed by atoms with Crippen molar-refractivity contribution in [1.82, 2.24) is 4.72 Å². The van der Waals surface area contributed by atoms with E-state index in [2.05, 4.69) is 4.72 Å². The number of carbonyl (C=O) groups excluding carboxylic acids is 1. The second kappa shape index (κ2) is 1.64. The van der Waals surface area contributed by atoms with Gasteiger partial charge in [-0.2, -0.15) is 0 Å². The lowest BCUT2D eigenvalue weighted by atomic mass is 9.88. The van der Waals surface area contributed by atoms with Crippen molar-refractivity contribution in [1.29, 1.82) is 0 Å². The molecule has 2 aliphatic heterocycles. The van der Waals surface area contributed by atoms with Crippen molar-refractivity contribution in [3.8, 4) is 0 Å². The maximum atomic E-state index is 11.0. The second-order valence-corrected chi connectivity index (χ2v) is 3.27. The first-order valence-corrected chi connectivity index (χ1v) is 3.82. The Kier molecular flexibility index (Phi) is 1.01. The zero-order valence-corrected chi connectivity index (χ0v) is 5.66. The molecule has 9 heavy (non-hydrogen) atoms. The number of amides is 1. The van der Waals surface area contributed by atoms with E-state index in [1.165, 1.54) is 11.9 Å². The molecule has 0 aliphatic carbocycles. The number of rotatable bonds is 0. The van der Waals surface area contributed by atoms with Crippen LogP contribution in [0.4, 0.5) is 0 Å². The van der Waals surface area contributed by atoms with E-state index in [1.807, 2.05) is 0 Å². The summed E-state index contributed by atoms with van der Waals surface area (Å²) in [6.07, 6.45) is 0. The molecule has 1 spiro atoms. The number of carbonyl (C=O) groups is 1. The molecular weight excluding hydrogens is 138 g/mol. The molecule has 4 heteroatoms. The molecule has 0 bridgehead atoms. The van der Waals surface area contributed by atoms with Crippen LogP contribution < -0.4 is 4.72 Å². The van der Waals surface area contributed by atoms with Crippen LogP contribution >= 0.6 is 11.9 Å². The summed E-state index contributed by atoms with van der Waals surface area (Å²) in [4.78, 5) is 11.0. The van der Waals surface area contributed by atoms with Crippen molar-refractivity contribution in [3.63, 3.8) is 0 Å². The highest BCUT2D eigenvalue weighted by molar-refractivity contribution is 7.98. The standard InChI is InChI=1S/C5H7NO2S/c7-4-5(1-8-2-5)3-9-6-4/h1-3H2,(H,6,7). The summed E-state index contributed by atoms with van der Waals surface area (Å²) in [5.41, 5.74) is -0.134. The average Bonchev–Trinajstić information content (AvgIpc) is 2.07. The fourth-order valence-electron chi connectivity index (χ4n) is 0.976. The van der Waals surface area contributed by atoms with E-state index in [4.69, 9.17) is 4.74 Å². The van der Waals surface area contributed by atoms with Crippen LogP contribution in [0.5, 0.6) is 0 Å². The van der Waals surface area contributed by atoms with E-state index in [9.17, 15) is 4.79 Å². The third-order valence-corrected chi connectivity index (χ3v) is 2.78. The molecule has 0 aromatic carbocycles. The van der Waals surface area contributed by atoms with Crippen LogP contribution in [-0.4, -0.2) is 24.9 Å². The highest BCUT2D eigenvalue weighted by Gasteiger charge is 2.49. The van der Waals surface area contributed by atoms with Crippen molar-refractivity contribution in [2.75, 3.05) is 19.0 Å². The van der Waals surface area contributed by atoms with Gasteiger partial charge in [0.15, 0.2) is 0 Å². The Morgan fingerprint density at radius 3 is 2.67 bits per heavy atom. The monoisotopic (exact) mass is 145 g/mol. The summed E-state index contributed by atoms with van der Waals surface area (Å²) in [6.45, 7) is 1.23. The van der Waals surface area contributed by atoms with Gasteiger partial charge < -0.3 is 4.74 Å². The van der Waals surface area contributed by atoms with Crippen molar-refractivity contribution < 1.29 is 9.53 Å². The Morgan fingerprint density at radius 2 is 2.44 bits per heavy atom. The maximum Gasteiger partial charge on any atom is 0.241 e. The van der Waals surface area contributed by atoms with E-state index in [-0.39, 0.29) is 11.3 Å². The van der Waals surface area contributed by atoms with E-state index >= 15 is 0 Å². The van der Waals surface area contributed by atoms with Gasteiger partial charge in [-0.3, -0.25) is 9.52 Å². The van der Waals surface area contributed by atoms with Crippen LogP contribution in [0.3, 0.4) is 0 Å². The minimum Gasteiger partial charge on any atom is -0.379 e.